The predicted octanol–water partition coefficient (Wildman–Crippen LogP) is 0.417. The average molecular weight is 221 g/mol. The first kappa shape index (κ1) is 9.84. The Morgan fingerprint density at radius 2 is 2.50 bits per heavy atom. The second-order valence-electron chi connectivity index (χ2n) is 4.61. The van der Waals surface area contributed by atoms with Gasteiger partial charge in [0.05, 0.1) is 5.69 Å². The molecule has 86 valence electrons. The minimum Gasteiger partial charge on any atom is -0.351 e. The molecule has 2 unspecified atom stereocenters. The van der Waals surface area contributed by atoms with Gasteiger partial charge in [-0.15, -0.1) is 0 Å². The number of rotatable bonds is 1. The lowest BCUT2D eigenvalue weighted by Crippen LogP contribution is -2.38. The van der Waals surface area contributed by atoms with Crippen LogP contribution in [0.3, 0.4) is 0 Å². The quantitative estimate of drug-likeness (QED) is 0.746. The molecule has 0 radical (unpaired) electrons. The van der Waals surface area contributed by atoms with E-state index in [1.54, 1.807) is 6.07 Å². The highest BCUT2D eigenvalue weighted by Crippen LogP contribution is 2.28. The molecule has 2 aliphatic rings. The highest BCUT2D eigenvalue weighted by atomic mass is 16.5. The fourth-order valence-electron chi connectivity index (χ4n) is 2.71. The van der Waals surface area contributed by atoms with Crippen LogP contribution in [0.4, 0.5) is 0 Å². The van der Waals surface area contributed by atoms with E-state index in [9.17, 15) is 4.79 Å². The number of hydrogen-bond acceptors (Lipinski definition) is 4. The molecule has 16 heavy (non-hydrogen) atoms. The van der Waals surface area contributed by atoms with E-state index in [0.29, 0.717) is 17.7 Å². The Hall–Kier alpha value is -1.36. The largest absolute Gasteiger partial charge is 0.351 e. The van der Waals surface area contributed by atoms with Crippen molar-refractivity contribution in [2.24, 2.45) is 5.92 Å². The molecule has 2 atom stereocenters. The van der Waals surface area contributed by atoms with Crippen LogP contribution < -0.4 is 5.32 Å². The molecule has 0 spiro atoms. The maximum Gasteiger partial charge on any atom is 0.292 e. The van der Waals surface area contributed by atoms with Gasteiger partial charge < -0.3 is 14.7 Å². The van der Waals surface area contributed by atoms with E-state index < -0.39 is 0 Å². The molecular formula is C11H15N3O2. The van der Waals surface area contributed by atoms with E-state index in [1.165, 1.54) is 0 Å². The zero-order valence-electron chi connectivity index (χ0n) is 9.27. The fourth-order valence-corrected chi connectivity index (χ4v) is 2.71. The van der Waals surface area contributed by atoms with Crippen molar-refractivity contribution in [2.75, 3.05) is 19.6 Å². The van der Waals surface area contributed by atoms with E-state index in [4.69, 9.17) is 4.52 Å². The Labute approximate surface area is 93.8 Å². The van der Waals surface area contributed by atoms with Crippen LogP contribution in [-0.4, -0.2) is 41.6 Å². The molecule has 1 aromatic heterocycles. The first-order chi connectivity index (χ1) is 7.75. The van der Waals surface area contributed by atoms with Gasteiger partial charge >= 0.3 is 0 Å². The van der Waals surface area contributed by atoms with Gasteiger partial charge in [-0.2, -0.15) is 0 Å². The maximum absolute atomic E-state index is 12.2. The summed E-state index contributed by atoms with van der Waals surface area (Å²) in [5, 5.41) is 7.08. The van der Waals surface area contributed by atoms with Gasteiger partial charge in [-0.3, -0.25) is 4.79 Å². The molecule has 0 aromatic carbocycles. The minimum atomic E-state index is -0.0169. The fraction of sp³-hybridized carbons (Fsp3) is 0.636. The summed E-state index contributed by atoms with van der Waals surface area (Å²) in [6.07, 6.45) is 1.09. The molecule has 0 saturated carbocycles. The van der Waals surface area contributed by atoms with Gasteiger partial charge in [0, 0.05) is 31.7 Å². The second kappa shape index (κ2) is 3.59. The smallest absolute Gasteiger partial charge is 0.292 e. The molecular weight excluding hydrogens is 206 g/mol. The number of fused-ring (bicyclic) bond motifs is 1. The summed E-state index contributed by atoms with van der Waals surface area (Å²) in [6, 6.07) is 2.05. The van der Waals surface area contributed by atoms with Gasteiger partial charge in [-0.25, -0.2) is 0 Å². The molecule has 2 saturated heterocycles. The topological polar surface area (TPSA) is 58.4 Å². The zero-order chi connectivity index (χ0) is 11.1. The van der Waals surface area contributed by atoms with Crippen LogP contribution in [0, 0.1) is 12.8 Å². The number of carbonyl (C=O) groups excluding carboxylic acids is 1. The second-order valence-corrected chi connectivity index (χ2v) is 4.61. The Morgan fingerprint density at radius 1 is 1.62 bits per heavy atom. The third-order valence-corrected chi connectivity index (χ3v) is 3.54. The van der Waals surface area contributed by atoms with Crippen molar-refractivity contribution in [1.29, 1.82) is 0 Å². The molecule has 2 aliphatic heterocycles. The van der Waals surface area contributed by atoms with E-state index in [0.717, 1.165) is 31.7 Å². The van der Waals surface area contributed by atoms with Crippen LogP contribution in [0.5, 0.6) is 0 Å². The van der Waals surface area contributed by atoms with Crippen molar-refractivity contribution in [1.82, 2.24) is 15.4 Å². The Morgan fingerprint density at radius 3 is 3.25 bits per heavy atom. The van der Waals surface area contributed by atoms with Gasteiger partial charge in [0.25, 0.3) is 5.91 Å². The first-order valence-corrected chi connectivity index (χ1v) is 5.70. The van der Waals surface area contributed by atoms with Crippen molar-refractivity contribution in [3.8, 4) is 0 Å². The van der Waals surface area contributed by atoms with Crippen LogP contribution in [0.1, 0.15) is 22.7 Å². The van der Waals surface area contributed by atoms with E-state index >= 15 is 0 Å². The van der Waals surface area contributed by atoms with Crippen molar-refractivity contribution in [2.45, 2.75) is 19.4 Å². The molecule has 3 heterocycles. The van der Waals surface area contributed by atoms with E-state index in [1.807, 2.05) is 11.8 Å². The summed E-state index contributed by atoms with van der Waals surface area (Å²) in [5.41, 5.74) is 0.753. The SMILES string of the molecule is Cc1cc(C(=O)N2CCC3CNCC32)on1. The summed E-state index contributed by atoms with van der Waals surface area (Å²) >= 11 is 0. The Balaban J connectivity index is 1.80. The number of aromatic nitrogens is 1. The molecule has 1 aromatic rings. The van der Waals surface area contributed by atoms with Gasteiger partial charge in [-0.05, 0) is 19.3 Å². The summed E-state index contributed by atoms with van der Waals surface area (Å²) in [5.74, 6) is 0.967. The van der Waals surface area contributed by atoms with Crippen molar-refractivity contribution in [3.05, 3.63) is 17.5 Å². The lowest BCUT2D eigenvalue weighted by molar-refractivity contribution is 0.0695. The predicted molar refractivity (Wildman–Crippen MR) is 57.0 cm³/mol. The van der Waals surface area contributed by atoms with Gasteiger partial charge in [-0.1, -0.05) is 5.16 Å². The summed E-state index contributed by atoms with van der Waals surface area (Å²) in [7, 11) is 0. The van der Waals surface area contributed by atoms with Crippen LogP contribution in [0.2, 0.25) is 0 Å². The Kier molecular flexibility index (Phi) is 2.21. The third kappa shape index (κ3) is 1.43. The lowest BCUT2D eigenvalue weighted by atomic mass is 10.1. The summed E-state index contributed by atoms with van der Waals surface area (Å²) < 4.78 is 5.03. The average Bonchev–Trinajstić information content (AvgIpc) is 2.90. The van der Waals surface area contributed by atoms with Crippen LogP contribution in [0.15, 0.2) is 10.6 Å². The summed E-state index contributed by atoms with van der Waals surface area (Å²) in [6.45, 7) is 4.60. The van der Waals surface area contributed by atoms with Gasteiger partial charge in [0.15, 0.2) is 0 Å². The van der Waals surface area contributed by atoms with Crippen LogP contribution in [-0.2, 0) is 0 Å². The highest BCUT2D eigenvalue weighted by Gasteiger charge is 2.40. The highest BCUT2D eigenvalue weighted by molar-refractivity contribution is 5.92. The summed E-state index contributed by atoms with van der Waals surface area (Å²) in [4.78, 5) is 14.1. The molecule has 2 fully saturated rings. The van der Waals surface area contributed by atoms with Gasteiger partial charge in [0.1, 0.15) is 0 Å². The van der Waals surface area contributed by atoms with Crippen LogP contribution >= 0.6 is 0 Å². The van der Waals surface area contributed by atoms with E-state index in [-0.39, 0.29) is 5.91 Å². The molecule has 0 aliphatic carbocycles. The monoisotopic (exact) mass is 221 g/mol. The standard InChI is InChI=1S/C11H15N3O2/c1-7-4-10(16-13-7)11(15)14-3-2-8-5-12-6-9(8)14/h4,8-9,12H,2-3,5-6H2,1H3. The number of amides is 1. The molecule has 1 amide bonds. The van der Waals surface area contributed by atoms with Gasteiger partial charge in [0.2, 0.25) is 5.76 Å². The minimum absolute atomic E-state index is 0.0169. The van der Waals surface area contributed by atoms with Crippen molar-refractivity contribution >= 4 is 5.91 Å². The lowest BCUT2D eigenvalue weighted by Gasteiger charge is -2.21. The molecule has 5 heteroatoms. The van der Waals surface area contributed by atoms with Crippen molar-refractivity contribution < 1.29 is 9.32 Å². The Bertz CT molecular complexity index is 415. The molecule has 1 N–H and O–H groups in total. The first-order valence-electron chi connectivity index (χ1n) is 5.70. The van der Waals surface area contributed by atoms with Crippen molar-refractivity contribution in [3.63, 3.8) is 0 Å². The molecule has 0 bridgehead atoms. The number of nitrogens with zero attached hydrogens (tertiary/aromatic N) is 2. The molecule has 3 rings (SSSR count). The number of nitrogens with one attached hydrogen (secondary N) is 1. The maximum atomic E-state index is 12.2. The normalized spacial score (nSPS) is 28.4. The third-order valence-electron chi connectivity index (χ3n) is 3.54. The number of aryl methyl sites for hydroxylation is 1. The number of carbonyl (C=O) groups is 1. The zero-order valence-corrected chi connectivity index (χ0v) is 9.27. The number of hydrogen-bond donors (Lipinski definition) is 1. The van der Waals surface area contributed by atoms with E-state index in [2.05, 4.69) is 10.5 Å². The number of likely N-dealkylation sites (tertiary alicyclic amines) is 1. The van der Waals surface area contributed by atoms with Crippen LogP contribution in [0.25, 0.3) is 0 Å². The molecule has 5 nitrogen and oxygen atoms in total.